The fourth-order valence-corrected chi connectivity index (χ4v) is 3.28. The summed E-state index contributed by atoms with van der Waals surface area (Å²) in [4.78, 5) is 36.0. The smallest absolute Gasteiger partial charge is 0.336 e. The van der Waals surface area contributed by atoms with Crippen LogP contribution in [0.4, 0.5) is 0 Å². The monoisotopic (exact) mass is 423 g/mol. The first-order valence-corrected chi connectivity index (χ1v) is 10.1. The van der Waals surface area contributed by atoms with Gasteiger partial charge in [0, 0.05) is 17.5 Å². The van der Waals surface area contributed by atoms with E-state index in [-0.39, 0.29) is 5.92 Å². The third kappa shape index (κ3) is 5.12. The zero-order chi connectivity index (χ0) is 22.5. The Labute approximate surface area is 179 Å². The van der Waals surface area contributed by atoms with E-state index >= 15 is 0 Å². The Kier molecular flexibility index (Phi) is 6.74. The normalized spacial score (nSPS) is 13.9. The van der Waals surface area contributed by atoms with Crippen LogP contribution in [0.15, 0.2) is 63.8 Å². The number of carboxylic acid groups (broad SMARTS) is 1. The molecule has 3 rings (SSSR count). The first-order valence-electron chi connectivity index (χ1n) is 10.1. The number of carbonyl (C=O) groups is 2. The highest BCUT2D eigenvalue weighted by molar-refractivity contribution is 5.94. The van der Waals surface area contributed by atoms with Gasteiger partial charge >= 0.3 is 11.6 Å². The van der Waals surface area contributed by atoms with Crippen LogP contribution in [0.1, 0.15) is 27.2 Å². The number of amides is 1. The molecule has 2 aromatic carbocycles. The van der Waals surface area contributed by atoms with Crippen LogP contribution in [0, 0.1) is 5.92 Å². The predicted octanol–water partition coefficient (Wildman–Crippen LogP) is 3.84. The number of fused-ring (bicyclic) bond motifs is 1. The van der Waals surface area contributed by atoms with Crippen molar-refractivity contribution in [3.63, 3.8) is 0 Å². The predicted molar refractivity (Wildman–Crippen MR) is 117 cm³/mol. The number of hydrogen-bond donors (Lipinski definition) is 2. The van der Waals surface area contributed by atoms with Gasteiger partial charge in [0.15, 0.2) is 6.10 Å². The summed E-state index contributed by atoms with van der Waals surface area (Å²) in [6, 6.07) is 14.9. The number of ether oxygens (including phenoxy) is 1. The lowest BCUT2D eigenvalue weighted by Crippen LogP contribution is -2.49. The van der Waals surface area contributed by atoms with Crippen molar-refractivity contribution >= 4 is 22.8 Å². The van der Waals surface area contributed by atoms with E-state index in [0.29, 0.717) is 17.8 Å². The molecule has 2 N–H and O–H groups in total. The molecule has 31 heavy (non-hydrogen) atoms. The van der Waals surface area contributed by atoms with E-state index in [9.17, 15) is 19.5 Å². The van der Waals surface area contributed by atoms with Crippen LogP contribution in [0.25, 0.3) is 22.1 Å². The molecule has 1 aromatic heterocycles. The van der Waals surface area contributed by atoms with Crippen molar-refractivity contribution in [2.75, 3.05) is 0 Å². The number of carbonyl (C=O) groups excluding carboxylic acids is 1. The van der Waals surface area contributed by atoms with Gasteiger partial charge in [-0.25, -0.2) is 9.59 Å². The van der Waals surface area contributed by atoms with E-state index in [4.69, 9.17) is 9.15 Å². The molecule has 0 aliphatic carbocycles. The van der Waals surface area contributed by atoms with Crippen molar-refractivity contribution in [3.05, 3.63) is 65.0 Å². The summed E-state index contributed by atoms with van der Waals surface area (Å²) in [5, 5.41) is 12.6. The Hall–Kier alpha value is -3.61. The number of hydrogen-bond acceptors (Lipinski definition) is 5. The van der Waals surface area contributed by atoms with E-state index in [1.54, 1.807) is 25.1 Å². The lowest BCUT2D eigenvalue weighted by molar-refractivity contribution is -0.144. The maximum Gasteiger partial charge on any atom is 0.336 e. The zero-order valence-corrected chi connectivity index (χ0v) is 17.6. The largest absolute Gasteiger partial charge is 0.481 e. The van der Waals surface area contributed by atoms with Gasteiger partial charge in [0.1, 0.15) is 17.4 Å². The zero-order valence-electron chi connectivity index (χ0n) is 17.6. The number of carboxylic acids is 1. The first kappa shape index (κ1) is 22.1. The second-order valence-corrected chi connectivity index (χ2v) is 7.47. The highest BCUT2D eigenvalue weighted by Crippen LogP contribution is 2.29. The number of benzene rings is 2. The van der Waals surface area contributed by atoms with Gasteiger partial charge in [0.05, 0.1) is 0 Å². The summed E-state index contributed by atoms with van der Waals surface area (Å²) in [7, 11) is 0. The van der Waals surface area contributed by atoms with E-state index in [1.165, 1.54) is 13.0 Å². The SMILES string of the molecule is CC[C@H](C)[C@@H](NC(=O)[C@@H](C)Oc1ccc2c(-c3ccccc3)cc(=O)oc2c1)C(=O)O. The van der Waals surface area contributed by atoms with E-state index in [2.05, 4.69) is 5.32 Å². The van der Waals surface area contributed by atoms with Gasteiger partial charge in [0.2, 0.25) is 0 Å². The maximum absolute atomic E-state index is 12.5. The van der Waals surface area contributed by atoms with Gasteiger partial charge in [-0.1, -0.05) is 50.6 Å². The van der Waals surface area contributed by atoms with Gasteiger partial charge in [-0.3, -0.25) is 4.79 Å². The fraction of sp³-hybridized carbons (Fsp3) is 0.292. The lowest BCUT2D eigenvalue weighted by atomic mass is 9.99. The summed E-state index contributed by atoms with van der Waals surface area (Å²) in [5.41, 5.74) is 1.46. The molecular weight excluding hydrogens is 398 g/mol. The molecule has 0 saturated heterocycles. The average Bonchev–Trinajstić information content (AvgIpc) is 2.76. The minimum atomic E-state index is -1.09. The Morgan fingerprint density at radius 2 is 1.81 bits per heavy atom. The van der Waals surface area contributed by atoms with Crippen molar-refractivity contribution in [3.8, 4) is 16.9 Å². The standard InChI is InChI=1S/C24H25NO6/c1-4-14(2)22(24(28)29)25-23(27)15(3)30-17-10-11-18-19(16-8-6-5-7-9-16)13-21(26)31-20(18)12-17/h5-15,22H,4H2,1-3H3,(H,25,27)(H,28,29)/t14-,15+,22+/m0/s1. The van der Waals surface area contributed by atoms with Crippen molar-refractivity contribution in [2.45, 2.75) is 39.3 Å². The maximum atomic E-state index is 12.5. The van der Waals surface area contributed by atoms with Crippen molar-refractivity contribution in [1.29, 1.82) is 0 Å². The van der Waals surface area contributed by atoms with Crippen molar-refractivity contribution < 1.29 is 23.8 Å². The Morgan fingerprint density at radius 3 is 2.45 bits per heavy atom. The van der Waals surface area contributed by atoms with E-state index in [1.807, 2.05) is 37.3 Å². The van der Waals surface area contributed by atoms with Gasteiger partial charge in [-0.05, 0) is 36.1 Å². The van der Waals surface area contributed by atoms with Crippen LogP contribution in [0.5, 0.6) is 5.75 Å². The lowest BCUT2D eigenvalue weighted by Gasteiger charge is -2.22. The Bertz CT molecular complexity index is 1140. The Morgan fingerprint density at radius 1 is 1.10 bits per heavy atom. The van der Waals surface area contributed by atoms with E-state index in [0.717, 1.165) is 16.5 Å². The molecule has 0 radical (unpaired) electrons. The molecule has 1 amide bonds. The van der Waals surface area contributed by atoms with Crippen LogP contribution >= 0.6 is 0 Å². The van der Waals surface area contributed by atoms with Crippen molar-refractivity contribution in [2.24, 2.45) is 5.92 Å². The third-order valence-electron chi connectivity index (χ3n) is 5.26. The van der Waals surface area contributed by atoms with Crippen LogP contribution < -0.4 is 15.7 Å². The van der Waals surface area contributed by atoms with Crippen LogP contribution in [-0.2, 0) is 9.59 Å². The van der Waals surface area contributed by atoms with E-state index < -0.39 is 29.6 Å². The molecule has 1 heterocycles. The highest BCUT2D eigenvalue weighted by atomic mass is 16.5. The molecule has 0 aliphatic rings. The second-order valence-electron chi connectivity index (χ2n) is 7.47. The minimum absolute atomic E-state index is 0.222. The average molecular weight is 423 g/mol. The third-order valence-corrected chi connectivity index (χ3v) is 5.26. The summed E-state index contributed by atoms with van der Waals surface area (Å²) in [6.07, 6.45) is -0.327. The topological polar surface area (TPSA) is 106 Å². The molecule has 0 fully saturated rings. The minimum Gasteiger partial charge on any atom is -0.481 e. The number of nitrogens with one attached hydrogen (secondary N) is 1. The Balaban J connectivity index is 1.83. The molecule has 7 heteroatoms. The van der Waals surface area contributed by atoms with Crippen LogP contribution in [0.3, 0.4) is 0 Å². The summed E-state index contributed by atoms with van der Waals surface area (Å²) < 4.78 is 11.0. The van der Waals surface area contributed by atoms with Gasteiger partial charge in [-0.2, -0.15) is 0 Å². The summed E-state index contributed by atoms with van der Waals surface area (Å²) in [6.45, 7) is 5.16. The molecule has 0 bridgehead atoms. The molecule has 3 aromatic rings. The van der Waals surface area contributed by atoms with Gasteiger partial charge < -0.3 is 19.6 Å². The number of rotatable bonds is 8. The first-order chi connectivity index (χ1) is 14.8. The molecule has 0 aliphatic heterocycles. The summed E-state index contributed by atoms with van der Waals surface area (Å²) in [5.74, 6) is -1.51. The second kappa shape index (κ2) is 9.47. The molecule has 162 valence electrons. The number of aliphatic carboxylic acids is 1. The van der Waals surface area contributed by atoms with Crippen molar-refractivity contribution in [1.82, 2.24) is 5.32 Å². The molecule has 3 atom stereocenters. The van der Waals surface area contributed by atoms with Crippen LogP contribution in [-0.4, -0.2) is 29.1 Å². The molecule has 0 saturated carbocycles. The molecule has 0 unspecified atom stereocenters. The summed E-state index contributed by atoms with van der Waals surface area (Å²) >= 11 is 0. The highest BCUT2D eigenvalue weighted by Gasteiger charge is 2.28. The van der Waals surface area contributed by atoms with Gasteiger partial charge in [-0.15, -0.1) is 0 Å². The molecule has 0 spiro atoms. The van der Waals surface area contributed by atoms with Gasteiger partial charge in [0.25, 0.3) is 5.91 Å². The molecule has 7 nitrogen and oxygen atoms in total. The van der Waals surface area contributed by atoms with Crippen LogP contribution in [0.2, 0.25) is 0 Å². The fourth-order valence-electron chi connectivity index (χ4n) is 3.28. The molecular formula is C24H25NO6. The quantitative estimate of drug-likeness (QED) is 0.533.